The zero-order valence-corrected chi connectivity index (χ0v) is 9.11. The largest absolute Gasteiger partial charge is 0.284 e. The molecule has 0 spiro atoms. The van der Waals surface area contributed by atoms with Gasteiger partial charge in [-0.2, -0.15) is 0 Å². The van der Waals surface area contributed by atoms with Crippen LogP contribution in [0.1, 0.15) is 0 Å². The first-order chi connectivity index (χ1) is 7.75. The van der Waals surface area contributed by atoms with Crippen LogP contribution in [0, 0.1) is 0 Å². The Hall–Kier alpha value is -1.80. The van der Waals surface area contributed by atoms with Gasteiger partial charge >= 0.3 is 0 Å². The molecular formula is C13H8ClNO. The molecule has 0 saturated carbocycles. The first-order valence-corrected chi connectivity index (χ1v) is 5.33. The standard InChI is InChI=1S/C13H8ClNO/c14-10-5-4-9-6-7-15-12(11(9)8-10)2-1-3-13(15)16/h1-8H. The molecule has 78 valence electrons. The monoisotopic (exact) mass is 229 g/mol. The molecule has 3 aromatic rings. The fourth-order valence-corrected chi connectivity index (χ4v) is 2.10. The summed E-state index contributed by atoms with van der Waals surface area (Å²) in [5.41, 5.74) is 0.854. The third kappa shape index (κ3) is 1.31. The fraction of sp³-hybridized carbons (Fsp3) is 0. The van der Waals surface area contributed by atoms with Gasteiger partial charge in [0.25, 0.3) is 5.56 Å². The van der Waals surface area contributed by atoms with Crippen molar-refractivity contribution in [2.24, 2.45) is 0 Å². The zero-order valence-electron chi connectivity index (χ0n) is 8.35. The van der Waals surface area contributed by atoms with E-state index in [9.17, 15) is 4.79 Å². The van der Waals surface area contributed by atoms with Crippen molar-refractivity contribution in [3.8, 4) is 0 Å². The Kier molecular flexibility index (Phi) is 1.98. The summed E-state index contributed by atoms with van der Waals surface area (Å²) in [5.74, 6) is 0. The van der Waals surface area contributed by atoms with Gasteiger partial charge in [-0.25, -0.2) is 0 Å². The van der Waals surface area contributed by atoms with E-state index in [0.717, 1.165) is 16.3 Å². The summed E-state index contributed by atoms with van der Waals surface area (Å²) < 4.78 is 1.62. The number of hydrogen-bond donors (Lipinski definition) is 0. The van der Waals surface area contributed by atoms with Crippen LogP contribution in [0.25, 0.3) is 16.3 Å². The van der Waals surface area contributed by atoms with Crippen LogP contribution >= 0.6 is 11.6 Å². The molecule has 2 aromatic heterocycles. The maximum atomic E-state index is 11.6. The Morgan fingerprint density at radius 1 is 1.06 bits per heavy atom. The second-order valence-corrected chi connectivity index (χ2v) is 4.10. The number of halogens is 1. The molecule has 0 aliphatic carbocycles. The van der Waals surface area contributed by atoms with E-state index < -0.39 is 0 Å². The molecule has 3 heteroatoms. The molecule has 2 nitrogen and oxygen atoms in total. The molecule has 0 atom stereocenters. The summed E-state index contributed by atoms with van der Waals surface area (Å²) in [6.45, 7) is 0. The first kappa shape index (κ1) is 9.43. The molecule has 0 aliphatic rings. The van der Waals surface area contributed by atoms with Gasteiger partial charge in [0, 0.05) is 22.7 Å². The van der Waals surface area contributed by atoms with Crippen LogP contribution in [-0.2, 0) is 0 Å². The van der Waals surface area contributed by atoms with E-state index >= 15 is 0 Å². The highest BCUT2D eigenvalue weighted by Crippen LogP contribution is 2.22. The lowest BCUT2D eigenvalue weighted by Gasteiger charge is -2.05. The van der Waals surface area contributed by atoms with Gasteiger partial charge in [-0.1, -0.05) is 23.7 Å². The Morgan fingerprint density at radius 3 is 2.81 bits per heavy atom. The molecule has 3 rings (SSSR count). The molecule has 2 heterocycles. The van der Waals surface area contributed by atoms with Crippen molar-refractivity contribution in [2.75, 3.05) is 0 Å². The Bertz CT molecular complexity index is 746. The maximum Gasteiger partial charge on any atom is 0.255 e. The third-order valence-corrected chi connectivity index (χ3v) is 2.92. The molecule has 0 bridgehead atoms. The number of fused-ring (bicyclic) bond motifs is 3. The van der Waals surface area contributed by atoms with Crippen LogP contribution in [0.5, 0.6) is 0 Å². The second-order valence-electron chi connectivity index (χ2n) is 3.67. The number of hydrogen-bond acceptors (Lipinski definition) is 1. The van der Waals surface area contributed by atoms with Crippen LogP contribution in [0.4, 0.5) is 0 Å². The van der Waals surface area contributed by atoms with E-state index in [4.69, 9.17) is 11.6 Å². The van der Waals surface area contributed by atoms with Crippen LogP contribution < -0.4 is 5.56 Å². The van der Waals surface area contributed by atoms with Gasteiger partial charge in [0.05, 0.1) is 5.52 Å². The van der Waals surface area contributed by atoms with Crippen molar-refractivity contribution in [1.29, 1.82) is 0 Å². The zero-order chi connectivity index (χ0) is 11.1. The molecule has 0 N–H and O–H groups in total. The van der Waals surface area contributed by atoms with Gasteiger partial charge in [0.1, 0.15) is 0 Å². The van der Waals surface area contributed by atoms with Gasteiger partial charge in [-0.05, 0) is 29.7 Å². The number of aromatic nitrogens is 1. The van der Waals surface area contributed by atoms with Crippen LogP contribution in [0.15, 0.2) is 53.5 Å². The summed E-state index contributed by atoms with van der Waals surface area (Å²) in [7, 11) is 0. The minimum absolute atomic E-state index is 0.0284. The molecule has 0 amide bonds. The van der Waals surface area contributed by atoms with E-state index in [1.54, 1.807) is 22.7 Å². The lowest BCUT2D eigenvalue weighted by Crippen LogP contribution is -2.10. The summed E-state index contributed by atoms with van der Waals surface area (Å²) in [6, 6.07) is 12.8. The highest BCUT2D eigenvalue weighted by molar-refractivity contribution is 6.31. The van der Waals surface area contributed by atoms with E-state index in [-0.39, 0.29) is 5.56 Å². The smallest absolute Gasteiger partial charge is 0.255 e. The van der Waals surface area contributed by atoms with Crippen LogP contribution in [-0.4, -0.2) is 4.40 Å². The Balaban J connectivity index is 2.63. The van der Waals surface area contributed by atoms with Gasteiger partial charge in [-0.15, -0.1) is 0 Å². The van der Waals surface area contributed by atoms with Crippen molar-refractivity contribution in [2.45, 2.75) is 0 Å². The van der Waals surface area contributed by atoms with Gasteiger partial charge < -0.3 is 0 Å². The van der Waals surface area contributed by atoms with Crippen molar-refractivity contribution >= 4 is 27.9 Å². The number of nitrogens with zero attached hydrogens (tertiary/aromatic N) is 1. The molecule has 16 heavy (non-hydrogen) atoms. The molecule has 0 fully saturated rings. The highest BCUT2D eigenvalue weighted by atomic mass is 35.5. The lowest BCUT2D eigenvalue weighted by atomic mass is 10.1. The molecular weight excluding hydrogens is 222 g/mol. The minimum atomic E-state index is -0.0284. The summed E-state index contributed by atoms with van der Waals surface area (Å²) in [5, 5.41) is 2.75. The first-order valence-electron chi connectivity index (χ1n) is 4.95. The van der Waals surface area contributed by atoms with Gasteiger partial charge in [0.15, 0.2) is 0 Å². The van der Waals surface area contributed by atoms with E-state index in [0.29, 0.717) is 5.02 Å². The van der Waals surface area contributed by atoms with Gasteiger partial charge in [-0.3, -0.25) is 9.20 Å². The lowest BCUT2D eigenvalue weighted by molar-refractivity contribution is 1.11. The maximum absolute atomic E-state index is 11.6. The van der Waals surface area contributed by atoms with Crippen LogP contribution in [0.2, 0.25) is 5.02 Å². The SMILES string of the molecule is O=c1cccc2c3cc(Cl)ccc3ccn12. The number of pyridine rings is 2. The summed E-state index contributed by atoms with van der Waals surface area (Å²) in [6.07, 6.45) is 1.79. The number of rotatable bonds is 0. The topological polar surface area (TPSA) is 21.5 Å². The second kappa shape index (κ2) is 3.35. The predicted octanol–water partition coefficient (Wildman–Crippen LogP) is 3.11. The molecule has 0 saturated heterocycles. The average molecular weight is 230 g/mol. The summed E-state index contributed by atoms with van der Waals surface area (Å²) >= 11 is 5.97. The van der Waals surface area contributed by atoms with Crippen molar-refractivity contribution in [3.63, 3.8) is 0 Å². The molecule has 0 radical (unpaired) electrons. The number of benzene rings is 1. The van der Waals surface area contributed by atoms with E-state index in [1.807, 2.05) is 30.3 Å². The average Bonchev–Trinajstić information content (AvgIpc) is 2.29. The minimum Gasteiger partial charge on any atom is -0.284 e. The van der Waals surface area contributed by atoms with Crippen molar-refractivity contribution in [3.05, 3.63) is 64.0 Å². The van der Waals surface area contributed by atoms with E-state index in [2.05, 4.69) is 0 Å². The Labute approximate surface area is 96.7 Å². The normalized spacial score (nSPS) is 11.1. The van der Waals surface area contributed by atoms with Gasteiger partial charge in [0.2, 0.25) is 0 Å². The predicted molar refractivity (Wildman–Crippen MR) is 66.2 cm³/mol. The highest BCUT2D eigenvalue weighted by Gasteiger charge is 2.01. The quantitative estimate of drug-likeness (QED) is 0.543. The van der Waals surface area contributed by atoms with Crippen LogP contribution in [0.3, 0.4) is 0 Å². The molecule has 1 aromatic carbocycles. The van der Waals surface area contributed by atoms with Crippen molar-refractivity contribution in [1.82, 2.24) is 4.40 Å². The third-order valence-electron chi connectivity index (χ3n) is 2.68. The van der Waals surface area contributed by atoms with Crippen molar-refractivity contribution < 1.29 is 0 Å². The van der Waals surface area contributed by atoms with E-state index in [1.165, 1.54) is 0 Å². The summed E-state index contributed by atoms with van der Waals surface area (Å²) in [4.78, 5) is 11.6. The Morgan fingerprint density at radius 2 is 1.94 bits per heavy atom. The fourth-order valence-electron chi connectivity index (χ4n) is 1.92. The molecule has 0 unspecified atom stereocenters. The molecule has 0 aliphatic heterocycles.